The van der Waals surface area contributed by atoms with E-state index in [-0.39, 0.29) is 12.0 Å². The molecule has 1 aromatic heterocycles. The monoisotopic (exact) mass is 397 g/mol. The molecular formula is C22H27N3O2S. The first-order chi connectivity index (χ1) is 13.2. The van der Waals surface area contributed by atoms with Crippen LogP contribution in [0.4, 0.5) is 5.69 Å². The first-order valence-corrected chi connectivity index (χ1v) is 9.67. The third kappa shape index (κ3) is 7.48. The summed E-state index contributed by atoms with van der Waals surface area (Å²) in [7, 11) is 0. The molecule has 2 rings (SSSR count). The van der Waals surface area contributed by atoms with Crippen LogP contribution in [0, 0.1) is 0 Å². The zero-order valence-corrected chi connectivity index (χ0v) is 17.3. The molecule has 2 aromatic rings. The molecule has 0 aliphatic heterocycles. The predicted octanol–water partition coefficient (Wildman–Crippen LogP) is 4.85. The molecule has 28 heavy (non-hydrogen) atoms. The maximum atomic E-state index is 10.8. The Hall–Kier alpha value is -2.73. The van der Waals surface area contributed by atoms with Gasteiger partial charge in [0.25, 0.3) is 0 Å². The number of nitrogens with one attached hydrogen (secondary N) is 2. The van der Waals surface area contributed by atoms with Crippen molar-refractivity contribution in [2.75, 3.05) is 5.32 Å². The van der Waals surface area contributed by atoms with Crippen LogP contribution in [-0.4, -0.2) is 26.7 Å². The summed E-state index contributed by atoms with van der Waals surface area (Å²) in [5.41, 5.74) is 3.81. The molecule has 0 amide bonds. The van der Waals surface area contributed by atoms with E-state index in [0.717, 1.165) is 22.4 Å². The molecule has 6 heteroatoms. The minimum Gasteiger partial charge on any atom is -0.481 e. The molecule has 0 bridgehead atoms. The average Bonchev–Trinajstić information content (AvgIpc) is 2.60. The Morgan fingerprint density at radius 2 is 1.96 bits per heavy atom. The summed E-state index contributed by atoms with van der Waals surface area (Å²) in [6.45, 7) is 6.16. The van der Waals surface area contributed by atoms with E-state index in [1.165, 1.54) is 0 Å². The molecule has 1 aromatic carbocycles. The molecule has 1 heterocycles. The summed E-state index contributed by atoms with van der Waals surface area (Å²) in [5.74, 6) is -0.776. The maximum absolute atomic E-state index is 10.8. The molecule has 5 nitrogen and oxygen atoms in total. The second-order valence-electron chi connectivity index (χ2n) is 7.56. The fourth-order valence-electron chi connectivity index (χ4n) is 2.69. The van der Waals surface area contributed by atoms with E-state index in [1.54, 1.807) is 6.20 Å². The topological polar surface area (TPSA) is 74.2 Å². The van der Waals surface area contributed by atoms with Gasteiger partial charge in [-0.1, -0.05) is 24.3 Å². The number of thiocarbonyl (C=S) groups is 1. The van der Waals surface area contributed by atoms with Crippen LogP contribution in [0.1, 0.15) is 51.2 Å². The number of carbonyl (C=O) groups is 1. The van der Waals surface area contributed by atoms with Gasteiger partial charge in [0.1, 0.15) is 0 Å². The number of hydrogen-bond acceptors (Lipinski definition) is 3. The number of aromatic nitrogens is 1. The van der Waals surface area contributed by atoms with Gasteiger partial charge in [-0.05, 0) is 75.2 Å². The van der Waals surface area contributed by atoms with E-state index in [2.05, 4.69) is 42.5 Å². The van der Waals surface area contributed by atoms with Crippen molar-refractivity contribution >= 4 is 34.6 Å². The van der Waals surface area contributed by atoms with Crippen LogP contribution in [0.3, 0.4) is 0 Å². The van der Waals surface area contributed by atoms with Crippen molar-refractivity contribution in [1.29, 1.82) is 0 Å². The van der Waals surface area contributed by atoms with Gasteiger partial charge in [0.2, 0.25) is 0 Å². The van der Waals surface area contributed by atoms with Gasteiger partial charge in [0.15, 0.2) is 5.11 Å². The number of allylic oxidation sites excluding steroid dienone is 1. The summed E-state index contributed by atoms with van der Waals surface area (Å²) in [4.78, 5) is 15.0. The van der Waals surface area contributed by atoms with Crippen molar-refractivity contribution in [2.45, 2.75) is 45.6 Å². The number of carboxylic acids is 1. The van der Waals surface area contributed by atoms with Gasteiger partial charge in [-0.2, -0.15) is 0 Å². The molecule has 0 aliphatic carbocycles. The van der Waals surface area contributed by atoms with E-state index < -0.39 is 5.97 Å². The quantitative estimate of drug-likeness (QED) is 0.458. The molecule has 148 valence electrons. The largest absolute Gasteiger partial charge is 0.481 e. The average molecular weight is 398 g/mol. The standard InChI is InChI=1S/C22H27N3O2S/c1-22(2,3)25-21(28)24-18-10-6-8-16(14-18)19(11-4-5-12-20(26)27)17-9-7-13-23-15-17/h6-11,13-15H,4-5,12H2,1-3H3,(H,26,27)(H2,24,25,28)/b19-11+. The van der Waals surface area contributed by atoms with Gasteiger partial charge in [0, 0.05) is 35.6 Å². The molecule has 0 unspecified atom stereocenters. The van der Waals surface area contributed by atoms with E-state index in [1.807, 2.05) is 42.6 Å². The van der Waals surface area contributed by atoms with E-state index in [0.29, 0.717) is 18.0 Å². The highest BCUT2D eigenvalue weighted by molar-refractivity contribution is 7.80. The summed E-state index contributed by atoms with van der Waals surface area (Å²) < 4.78 is 0. The Kier molecular flexibility index (Phi) is 7.70. The van der Waals surface area contributed by atoms with Crippen molar-refractivity contribution in [3.8, 4) is 0 Å². The van der Waals surface area contributed by atoms with Crippen molar-refractivity contribution in [2.24, 2.45) is 0 Å². The van der Waals surface area contributed by atoms with Crippen LogP contribution in [-0.2, 0) is 4.79 Å². The van der Waals surface area contributed by atoms with Crippen LogP contribution in [0.5, 0.6) is 0 Å². The lowest BCUT2D eigenvalue weighted by molar-refractivity contribution is -0.137. The maximum Gasteiger partial charge on any atom is 0.303 e. The third-order valence-electron chi connectivity index (χ3n) is 3.84. The van der Waals surface area contributed by atoms with Crippen LogP contribution in [0.15, 0.2) is 54.9 Å². The van der Waals surface area contributed by atoms with Crippen LogP contribution >= 0.6 is 12.2 Å². The molecule has 0 saturated heterocycles. The zero-order valence-electron chi connectivity index (χ0n) is 16.5. The minimum atomic E-state index is -0.776. The lowest BCUT2D eigenvalue weighted by Crippen LogP contribution is -2.42. The predicted molar refractivity (Wildman–Crippen MR) is 118 cm³/mol. The van der Waals surface area contributed by atoms with Gasteiger partial charge < -0.3 is 15.7 Å². The normalized spacial score (nSPS) is 11.8. The highest BCUT2D eigenvalue weighted by Crippen LogP contribution is 2.26. The van der Waals surface area contributed by atoms with Gasteiger partial charge >= 0.3 is 5.97 Å². The summed E-state index contributed by atoms with van der Waals surface area (Å²) in [5, 5.41) is 15.9. The second kappa shape index (κ2) is 9.99. The number of hydrogen-bond donors (Lipinski definition) is 3. The number of nitrogens with zero attached hydrogens (tertiary/aromatic N) is 1. The summed E-state index contributed by atoms with van der Waals surface area (Å²) >= 11 is 5.39. The summed E-state index contributed by atoms with van der Waals surface area (Å²) in [6, 6.07) is 11.9. The number of pyridine rings is 1. The molecule has 3 N–H and O–H groups in total. The molecule has 0 fully saturated rings. The van der Waals surface area contributed by atoms with Gasteiger partial charge in [-0.25, -0.2) is 0 Å². The fourth-order valence-corrected chi connectivity index (χ4v) is 3.12. The second-order valence-corrected chi connectivity index (χ2v) is 7.96. The lowest BCUT2D eigenvalue weighted by Gasteiger charge is -2.23. The van der Waals surface area contributed by atoms with Crippen molar-refractivity contribution in [1.82, 2.24) is 10.3 Å². The Bertz CT molecular complexity index is 842. The molecule has 0 radical (unpaired) electrons. The van der Waals surface area contributed by atoms with Crippen LogP contribution < -0.4 is 10.6 Å². The van der Waals surface area contributed by atoms with Gasteiger partial charge in [-0.15, -0.1) is 0 Å². The fraction of sp³-hybridized carbons (Fsp3) is 0.318. The molecule has 0 spiro atoms. The van der Waals surface area contributed by atoms with E-state index in [9.17, 15) is 4.79 Å². The molecule has 0 atom stereocenters. The Balaban J connectivity index is 2.24. The van der Waals surface area contributed by atoms with Crippen LogP contribution in [0.25, 0.3) is 5.57 Å². The molecule has 0 saturated carbocycles. The number of aliphatic carboxylic acids is 1. The number of unbranched alkanes of at least 4 members (excludes halogenated alkanes) is 1. The Morgan fingerprint density at radius 1 is 1.21 bits per heavy atom. The minimum absolute atomic E-state index is 0.118. The zero-order chi connectivity index (χ0) is 20.6. The SMILES string of the molecule is CC(C)(C)NC(=S)Nc1cccc(/C(=C\CCCC(=O)O)c2cccnc2)c1. The highest BCUT2D eigenvalue weighted by atomic mass is 32.1. The molecule has 0 aliphatic rings. The smallest absolute Gasteiger partial charge is 0.303 e. The van der Waals surface area contributed by atoms with Crippen molar-refractivity contribution in [3.05, 3.63) is 66.0 Å². The third-order valence-corrected chi connectivity index (χ3v) is 4.04. The Morgan fingerprint density at radius 3 is 2.61 bits per heavy atom. The van der Waals surface area contributed by atoms with Gasteiger partial charge in [0.05, 0.1) is 0 Å². The number of carboxylic acid groups (broad SMARTS) is 1. The number of anilines is 1. The van der Waals surface area contributed by atoms with Crippen molar-refractivity contribution < 1.29 is 9.90 Å². The van der Waals surface area contributed by atoms with Crippen molar-refractivity contribution in [3.63, 3.8) is 0 Å². The number of rotatable bonds is 7. The summed E-state index contributed by atoms with van der Waals surface area (Å²) in [6.07, 6.45) is 7.06. The van der Waals surface area contributed by atoms with Gasteiger partial charge in [-0.3, -0.25) is 9.78 Å². The number of benzene rings is 1. The highest BCUT2D eigenvalue weighted by Gasteiger charge is 2.12. The first-order valence-electron chi connectivity index (χ1n) is 9.26. The lowest BCUT2D eigenvalue weighted by atomic mass is 9.97. The Labute approximate surface area is 171 Å². The van der Waals surface area contributed by atoms with E-state index in [4.69, 9.17) is 17.3 Å². The van der Waals surface area contributed by atoms with Crippen LogP contribution in [0.2, 0.25) is 0 Å². The van der Waals surface area contributed by atoms with E-state index >= 15 is 0 Å². The first kappa shape index (κ1) is 21.6. The molecular weight excluding hydrogens is 370 g/mol.